The fourth-order valence-electron chi connectivity index (χ4n) is 1.61. The van der Waals surface area contributed by atoms with E-state index in [-0.39, 0.29) is 23.6 Å². The quantitative estimate of drug-likeness (QED) is 0.719. The largest absolute Gasteiger partial charge is 0.392 e. The lowest BCUT2D eigenvalue weighted by Gasteiger charge is -2.19. The minimum atomic E-state index is -3.69. The molecule has 3 N–H and O–H groups in total. The van der Waals surface area contributed by atoms with E-state index in [0.717, 1.165) is 6.42 Å². The van der Waals surface area contributed by atoms with Gasteiger partial charge in [-0.05, 0) is 19.8 Å². The molecule has 0 aliphatic heterocycles. The Balaban J connectivity index is 3.00. The fraction of sp³-hybridized carbons (Fsp3) is 0.727. The van der Waals surface area contributed by atoms with E-state index in [1.54, 1.807) is 6.92 Å². The van der Waals surface area contributed by atoms with Crippen molar-refractivity contribution in [3.05, 3.63) is 11.3 Å². The summed E-state index contributed by atoms with van der Waals surface area (Å²) in [6, 6.07) is -0.177. The van der Waals surface area contributed by atoms with Gasteiger partial charge in [0, 0.05) is 17.3 Å². The molecule has 6 nitrogen and oxygen atoms in total. The van der Waals surface area contributed by atoms with Crippen molar-refractivity contribution in [3.8, 4) is 0 Å². The Morgan fingerprint density at radius 2 is 2.06 bits per heavy atom. The van der Waals surface area contributed by atoms with Gasteiger partial charge in [-0.3, -0.25) is 5.10 Å². The second kappa shape index (κ2) is 5.81. The molecule has 0 aliphatic rings. The minimum Gasteiger partial charge on any atom is -0.392 e. The first-order valence-corrected chi connectivity index (χ1v) is 7.48. The Morgan fingerprint density at radius 1 is 1.44 bits per heavy atom. The number of aliphatic hydroxyl groups is 1. The highest BCUT2D eigenvalue weighted by Crippen LogP contribution is 2.17. The van der Waals surface area contributed by atoms with Gasteiger partial charge in [-0.1, -0.05) is 20.3 Å². The Labute approximate surface area is 108 Å². The molecule has 0 fully saturated rings. The number of nitrogens with zero attached hydrogens (tertiary/aromatic N) is 1. The van der Waals surface area contributed by atoms with Gasteiger partial charge in [0.25, 0.3) is 10.0 Å². The lowest BCUT2D eigenvalue weighted by Crippen LogP contribution is -2.37. The lowest BCUT2D eigenvalue weighted by molar-refractivity contribution is 0.277. The molecule has 0 bridgehead atoms. The van der Waals surface area contributed by atoms with Crippen molar-refractivity contribution in [1.82, 2.24) is 14.9 Å². The zero-order chi connectivity index (χ0) is 13.9. The smallest absolute Gasteiger partial charge is 0.260 e. The third-order valence-electron chi connectivity index (χ3n) is 3.29. The van der Waals surface area contributed by atoms with Crippen molar-refractivity contribution in [3.63, 3.8) is 0 Å². The molecule has 0 radical (unpaired) electrons. The van der Waals surface area contributed by atoms with Gasteiger partial charge in [0.1, 0.15) is 0 Å². The molecule has 0 aliphatic carbocycles. The van der Waals surface area contributed by atoms with E-state index < -0.39 is 10.0 Å². The molecule has 2 atom stereocenters. The van der Waals surface area contributed by atoms with Gasteiger partial charge in [-0.2, -0.15) is 5.10 Å². The van der Waals surface area contributed by atoms with Crippen molar-refractivity contribution < 1.29 is 13.5 Å². The van der Waals surface area contributed by atoms with Gasteiger partial charge in [0.15, 0.2) is 5.03 Å². The van der Waals surface area contributed by atoms with Crippen molar-refractivity contribution in [2.45, 2.75) is 51.8 Å². The standard InChI is InChI=1S/C11H21N3O3S/c1-5-7(2)8(3)14-18(16,17)11-10(6-15)9(4)12-13-11/h7-8,14-15H,5-6H2,1-4H3,(H,12,13). The number of sulfonamides is 1. The molecular formula is C11H21N3O3S. The van der Waals surface area contributed by atoms with Crippen LogP contribution in [0.2, 0.25) is 0 Å². The summed E-state index contributed by atoms with van der Waals surface area (Å²) in [5.74, 6) is 0.234. The topological polar surface area (TPSA) is 95.1 Å². The van der Waals surface area contributed by atoms with Gasteiger partial charge in [0.2, 0.25) is 0 Å². The van der Waals surface area contributed by atoms with Crippen LogP contribution in [0, 0.1) is 12.8 Å². The van der Waals surface area contributed by atoms with Crippen LogP contribution < -0.4 is 4.72 Å². The summed E-state index contributed by atoms with van der Waals surface area (Å²) >= 11 is 0. The van der Waals surface area contributed by atoms with Crippen LogP contribution in [-0.2, 0) is 16.6 Å². The van der Waals surface area contributed by atoms with Crippen LogP contribution in [0.25, 0.3) is 0 Å². The number of hydrogen-bond acceptors (Lipinski definition) is 4. The number of nitrogens with one attached hydrogen (secondary N) is 2. The van der Waals surface area contributed by atoms with Crippen molar-refractivity contribution in [2.24, 2.45) is 5.92 Å². The molecule has 0 aromatic carbocycles. The van der Waals surface area contributed by atoms with E-state index in [4.69, 9.17) is 0 Å². The van der Waals surface area contributed by atoms with Crippen LogP contribution in [0.15, 0.2) is 5.03 Å². The second-order valence-corrected chi connectivity index (χ2v) is 6.22. The molecule has 1 heterocycles. The molecule has 0 spiro atoms. The molecule has 2 unspecified atom stereocenters. The maximum absolute atomic E-state index is 12.2. The van der Waals surface area contributed by atoms with Gasteiger partial charge < -0.3 is 5.11 Å². The molecule has 7 heteroatoms. The third kappa shape index (κ3) is 3.09. The zero-order valence-electron chi connectivity index (χ0n) is 11.2. The van der Waals surface area contributed by atoms with Crippen LogP contribution in [0.3, 0.4) is 0 Å². The van der Waals surface area contributed by atoms with Crippen molar-refractivity contribution >= 4 is 10.0 Å². The predicted molar refractivity (Wildman–Crippen MR) is 68.5 cm³/mol. The first-order chi connectivity index (χ1) is 8.33. The van der Waals surface area contributed by atoms with Crippen molar-refractivity contribution in [2.75, 3.05) is 0 Å². The summed E-state index contributed by atoms with van der Waals surface area (Å²) in [5.41, 5.74) is 0.882. The molecule has 1 rings (SSSR count). The highest BCUT2D eigenvalue weighted by molar-refractivity contribution is 7.89. The SMILES string of the molecule is CCC(C)C(C)NS(=O)(=O)c1n[nH]c(C)c1CO. The van der Waals surface area contributed by atoms with Gasteiger partial charge in [0.05, 0.1) is 6.61 Å². The zero-order valence-corrected chi connectivity index (χ0v) is 12.0. The minimum absolute atomic E-state index is 0.113. The Bertz CT molecular complexity index is 496. The molecule has 1 aromatic heterocycles. The van der Waals surface area contributed by atoms with Gasteiger partial charge >= 0.3 is 0 Å². The van der Waals surface area contributed by atoms with E-state index in [1.807, 2.05) is 20.8 Å². The van der Waals surface area contributed by atoms with Gasteiger partial charge in [-0.15, -0.1) is 0 Å². The molecular weight excluding hydrogens is 254 g/mol. The molecule has 18 heavy (non-hydrogen) atoms. The second-order valence-electron chi connectivity index (χ2n) is 4.59. The number of aryl methyl sites for hydroxylation is 1. The summed E-state index contributed by atoms with van der Waals surface area (Å²) < 4.78 is 26.9. The van der Waals surface area contributed by atoms with E-state index in [2.05, 4.69) is 14.9 Å². The van der Waals surface area contributed by atoms with Crippen LogP contribution in [0.1, 0.15) is 38.4 Å². The fourth-order valence-corrected chi connectivity index (χ4v) is 3.15. The average molecular weight is 275 g/mol. The molecule has 0 saturated carbocycles. The number of H-pyrrole nitrogens is 1. The van der Waals surface area contributed by atoms with E-state index in [9.17, 15) is 13.5 Å². The summed E-state index contributed by atoms with van der Waals surface area (Å²) in [4.78, 5) is 0. The Kier molecular flexibility index (Phi) is 4.89. The number of aromatic nitrogens is 2. The van der Waals surface area contributed by atoms with Crippen molar-refractivity contribution in [1.29, 1.82) is 0 Å². The first kappa shape index (κ1) is 15.1. The Morgan fingerprint density at radius 3 is 2.56 bits per heavy atom. The summed E-state index contributed by atoms with van der Waals surface area (Å²) in [6.07, 6.45) is 0.885. The molecule has 104 valence electrons. The highest BCUT2D eigenvalue weighted by atomic mass is 32.2. The molecule has 0 amide bonds. The summed E-state index contributed by atoms with van der Waals surface area (Å²) in [6.45, 7) is 7.14. The average Bonchev–Trinajstić information content (AvgIpc) is 2.69. The monoisotopic (exact) mass is 275 g/mol. The number of rotatable bonds is 6. The molecule has 0 saturated heterocycles. The summed E-state index contributed by atoms with van der Waals surface area (Å²) in [7, 11) is -3.69. The Hall–Kier alpha value is -0.920. The van der Waals surface area contributed by atoms with E-state index in [1.165, 1.54) is 0 Å². The third-order valence-corrected chi connectivity index (χ3v) is 4.82. The molecule has 1 aromatic rings. The number of aliphatic hydroxyl groups excluding tert-OH is 1. The predicted octanol–water partition coefficient (Wildman–Crippen LogP) is 0.923. The van der Waals surface area contributed by atoms with Crippen LogP contribution in [0.4, 0.5) is 0 Å². The van der Waals surface area contributed by atoms with E-state index in [0.29, 0.717) is 11.3 Å². The van der Waals surface area contributed by atoms with Crippen LogP contribution in [-0.4, -0.2) is 29.8 Å². The number of aromatic amines is 1. The lowest BCUT2D eigenvalue weighted by atomic mass is 10.0. The van der Waals surface area contributed by atoms with E-state index >= 15 is 0 Å². The number of hydrogen-bond donors (Lipinski definition) is 3. The van der Waals surface area contributed by atoms with Crippen LogP contribution >= 0.6 is 0 Å². The van der Waals surface area contributed by atoms with Crippen LogP contribution in [0.5, 0.6) is 0 Å². The maximum atomic E-state index is 12.2. The highest BCUT2D eigenvalue weighted by Gasteiger charge is 2.26. The maximum Gasteiger partial charge on any atom is 0.260 e. The van der Waals surface area contributed by atoms with Gasteiger partial charge in [-0.25, -0.2) is 13.1 Å². The normalized spacial score (nSPS) is 15.6. The first-order valence-electron chi connectivity index (χ1n) is 6.00. The summed E-state index contributed by atoms with van der Waals surface area (Å²) in [5, 5.41) is 15.4.